The van der Waals surface area contributed by atoms with Crippen LogP contribution in [0.3, 0.4) is 0 Å². The van der Waals surface area contributed by atoms with E-state index < -0.39 is 47.6 Å². The van der Waals surface area contributed by atoms with Crippen LogP contribution >= 0.6 is 0 Å². The van der Waals surface area contributed by atoms with Gasteiger partial charge in [0.05, 0.1) is 31.0 Å². The summed E-state index contributed by atoms with van der Waals surface area (Å²) < 4.78 is 36.6. The number of carbonyl (C=O) groups is 2. The van der Waals surface area contributed by atoms with Crippen molar-refractivity contribution in [1.82, 2.24) is 0 Å². The van der Waals surface area contributed by atoms with Gasteiger partial charge in [-0.1, -0.05) is 27.7 Å². The van der Waals surface area contributed by atoms with Crippen molar-refractivity contribution < 1.29 is 43.1 Å². The van der Waals surface area contributed by atoms with Crippen molar-refractivity contribution in [3.8, 4) is 0 Å². The lowest BCUT2D eigenvalue weighted by molar-refractivity contribution is -0.396. The first kappa shape index (κ1) is 23.7. The zero-order valence-electron chi connectivity index (χ0n) is 21.0. The quantitative estimate of drug-likeness (QED) is 0.466. The van der Waals surface area contributed by atoms with E-state index in [0.717, 1.165) is 6.42 Å². The Balaban J connectivity index is 1.48. The number of epoxide rings is 1. The van der Waals surface area contributed by atoms with E-state index in [1.54, 1.807) is 20.1 Å². The number of esters is 2. The Morgan fingerprint density at radius 2 is 1.89 bits per heavy atom. The minimum Gasteiger partial charge on any atom is -0.472 e. The van der Waals surface area contributed by atoms with Crippen LogP contribution in [0, 0.1) is 34.5 Å². The molecule has 2 aliphatic carbocycles. The lowest BCUT2D eigenvalue weighted by atomic mass is 9.40. The maximum atomic E-state index is 12.9. The van der Waals surface area contributed by atoms with Crippen molar-refractivity contribution in [3.63, 3.8) is 0 Å². The molecule has 12 unspecified atom stereocenters. The first-order chi connectivity index (χ1) is 16.6. The molecule has 7 rings (SSSR count). The van der Waals surface area contributed by atoms with E-state index >= 15 is 0 Å². The van der Waals surface area contributed by atoms with E-state index in [-0.39, 0.29) is 41.5 Å². The largest absolute Gasteiger partial charge is 0.472 e. The van der Waals surface area contributed by atoms with Crippen LogP contribution in [-0.4, -0.2) is 66.2 Å². The first-order valence-electron chi connectivity index (χ1n) is 12.9. The number of hydrogen-bond donors (Lipinski definition) is 1. The van der Waals surface area contributed by atoms with Crippen molar-refractivity contribution in [2.24, 2.45) is 34.5 Å². The zero-order chi connectivity index (χ0) is 24.9. The maximum Gasteiger partial charge on any atom is 0.310 e. The van der Waals surface area contributed by atoms with E-state index in [1.165, 1.54) is 6.92 Å². The molecular formula is C26H36O9. The number of aliphatic hydroxyl groups is 1. The second-order valence-electron chi connectivity index (χ2n) is 11.9. The Kier molecular flexibility index (Phi) is 5.19. The smallest absolute Gasteiger partial charge is 0.310 e. The number of carbonyl (C=O) groups excluding carboxylic acids is 2. The molecule has 35 heavy (non-hydrogen) atoms. The lowest BCUT2D eigenvalue weighted by Crippen LogP contribution is -2.80. The Morgan fingerprint density at radius 1 is 1.14 bits per heavy atom. The fourth-order valence-corrected chi connectivity index (χ4v) is 8.06. The number of fused-ring (bicyclic) bond motifs is 2. The molecule has 0 aromatic heterocycles. The number of hydrogen-bond acceptors (Lipinski definition) is 9. The number of ether oxygens (including phenoxy) is 6. The first-order valence-corrected chi connectivity index (χ1v) is 12.9. The molecule has 0 radical (unpaired) electrons. The van der Waals surface area contributed by atoms with Crippen LogP contribution < -0.4 is 0 Å². The molecule has 4 saturated heterocycles. The third-order valence-electron chi connectivity index (χ3n) is 10.0. The Morgan fingerprint density at radius 3 is 2.51 bits per heavy atom. The summed E-state index contributed by atoms with van der Waals surface area (Å²) in [5.74, 6) is -1.02. The van der Waals surface area contributed by atoms with Gasteiger partial charge in [0.15, 0.2) is 0 Å². The number of aliphatic hydroxyl groups excluding tert-OH is 1. The standard InChI is InChI=1S/C26H36O9/c1-12(2)21(29)35-23-26-17(10-16(33-23)20(28)25(26)11-31-25)24(5,13(3)8-19(26)32-14(4)27)18-9-15-6-7-30-22(15)34-18/h6-7,12-13,15-20,22-23,28H,8-11H2,1-5H3. The van der Waals surface area contributed by atoms with Crippen molar-refractivity contribution >= 4 is 11.9 Å². The molecule has 2 saturated carbocycles. The molecule has 0 aromatic carbocycles. The average molecular weight is 493 g/mol. The molecule has 9 nitrogen and oxygen atoms in total. The summed E-state index contributed by atoms with van der Waals surface area (Å²) in [6, 6.07) is 0. The normalized spacial score (nSPS) is 53.3. The van der Waals surface area contributed by atoms with E-state index in [1.807, 2.05) is 0 Å². The zero-order valence-corrected chi connectivity index (χ0v) is 21.0. The molecule has 6 fully saturated rings. The highest BCUT2D eigenvalue weighted by Crippen LogP contribution is 2.74. The molecule has 1 N–H and O–H groups in total. The Labute approximate surface area is 205 Å². The van der Waals surface area contributed by atoms with Crippen molar-refractivity contribution in [2.75, 3.05) is 6.61 Å². The van der Waals surface area contributed by atoms with E-state index in [0.29, 0.717) is 19.4 Å². The molecule has 9 heteroatoms. The second-order valence-corrected chi connectivity index (χ2v) is 11.9. The van der Waals surface area contributed by atoms with Gasteiger partial charge in [-0.25, -0.2) is 0 Å². The fraction of sp³-hybridized carbons (Fsp3) is 0.846. The van der Waals surface area contributed by atoms with Crippen LogP contribution in [0.1, 0.15) is 53.9 Å². The van der Waals surface area contributed by atoms with Crippen molar-refractivity contribution in [3.05, 3.63) is 12.3 Å². The molecule has 0 amide bonds. The van der Waals surface area contributed by atoms with E-state index in [9.17, 15) is 14.7 Å². The summed E-state index contributed by atoms with van der Waals surface area (Å²) in [7, 11) is 0. The fourth-order valence-electron chi connectivity index (χ4n) is 8.06. The minimum absolute atomic E-state index is 0.115. The summed E-state index contributed by atoms with van der Waals surface area (Å²) in [5, 5.41) is 11.4. The number of rotatable bonds is 4. The van der Waals surface area contributed by atoms with Crippen LogP contribution in [0.4, 0.5) is 0 Å². The minimum atomic E-state index is -1.06. The Hall–Kier alpha value is -1.68. The Bertz CT molecular complexity index is 943. The van der Waals surface area contributed by atoms with Crippen LogP contribution in [0.15, 0.2) is 12.3 Å². The topological polar surface area (TPSA) is 113 Å². The molecule has 5 aliphatic heterocycles. The highest BCUT2D eigenvalue weighted by atomic mass is 16.7. The highest BCUT2D eigenvalue weighted by molar-refractivity contribution is 5.72. The molecule has 2 bridgehead atoms. The van der Waals surface area contributed by atoms with Crippen LogP contribution in [-0.2, 0) is 38.0 Å². The van der Waals surface area contributed by atoms with Gasteiger partial charge in [0.25, 0.3) is 0 Å². The van der Waals surface area contributed by atoms with Gasteiger partial charge in [-0.05, 0) is 37.2 Å². The predicted octanol–water partition coefficient (Wildman–Crippen LogP) is 2.30. The van der Waals surface area contributed by atoms with Gasteiger partial charge >= 0.3 is 11.9 Å². The van der Waals surface area contributed by atoms with Crippen LogP contribution in [0.5, 0.6) is 0 Å². The van der Waals surface area contributed by atoms with Crippen molar-refractivity contribution in [1.29, 1.82) is 0 Å². The third-order valence-corrected chi connectivity index (χ3v) is 10.0. The van der Waals surface area contributed by atoms with Crippen LogP contribution in [0.25, 0.3) is 0 Å². The SMILES string of the molecule is CC(=O)OC1CC(C)C(C)(C2CC3C=COC3O2)C2CC3OC(OC(=O)C(C)C)C12C1(CO1)C3O. The highest BCUT2D eigenvalue weighted by Gasteiger charge is 2.86. The van der Waals surface area contributed by atoms with Crippen LogP contribution in [0.2, 0.25) is 0 Å². The summed E-state index contributed by atoms with van der Waals surface area (Å²) in [6.45, 7) is 9.63. The lowest BCUT2D eigenvalue weighted by Gasteiger charge is -2.69. The van der Waals surface area contributed by atoms with E-state index in [4.69, 9.17) is 28.4 Å². The molecule has 5 heterocycles. The predicted molar refractivity (Wildman–Crippen MR) is 119 cm³/mol. The summed E-state index contributed by atoms with van der Waals surface area (Å²) in [5.41, 5.74) is -2.45. The van der Waals surface area contributed by atoms with Gasteiger partial charge in [0.1, 0.15) is 23.2 Å². The summed E-state index contributed by atoms with van der Waals surface area (Å²) in [4.78, 5) is 25.2. The van der Waals surface area contributed by atoms with Gasteiger partial charge in [-0.2, -0.15) is 0 Å². The average Bonchev–Trinajstić information content (AvgIpc) is 3.28. The molecular weight excluding hydrogens is 456 g/mol. The monoisotopic (exact) mass is 492 g/mol. The van der Waals surface area contributed by atoms with Gasteiger partial charge in [-0.15, -0.1) is 0 Å². The summed E-state index contributed by atoms with van der Waals surface area (Å²) in [6.07, 6.45) is 2.09. The third kappa shape index (κ3) is 2.95. The van der Waals surface area contributed by atoms with Gasteiger partial charge in [-0.3, -0.25) is 9.59 Å². The molecule has 12 atom stereocenters. The second kappa shape index (κ2) is 7.66. The van der Waals surface area contributed by atoms with Gasteiger partial charge < -0.3 is 33.5 Å². The maximum absolute atomic E-state index is 12.9. The van der Waals surface area contributed by atoms with Gasteiger partial charge in [0.2, 0.25) is 12.6 Å². The van der Waals surface area contributed by atoms with Crippen molar-refractivity contribution in [2.45, 2.75) is 96.5 Å². The summed E-state index contributed by atoms with van der Waals surface area (Å²) >= 11 is 0. The van der Waals surface area contributed by atoms with E-state index in [2.05, 4.69) is 19.9 Å². The molecule has 2 spiro atoms. The molecule has 0 aromatic rings. The molecule has 7 aliphatic rings. The van der Waals surface area contributed by atoms with Gasteiger partial charge in [0, 0.05) is 18.3 Å². The molecule has 194 valence electrons.